The highest BCUT2D eigenvalue weighted by Gasteiger charge is 2.39. The van der Waals surface area contributed by atoms with Crippen molar-refractivity contribution in [3.63, 3.8) is 0 Å². The lowest BCUT2D eigenvalue weighted by Gasteiger charge is -2.31. The SMILES string of the molecule is N#CC1(C(O)c2ccc(Br)c(Cl)c2)CCCCCC1. The van der Waals surface area contributed by atoms with Crippen molar-refractivity contribution in [3.05, 3.63) is 33.3 Å². The van der Waals surface area contributed by atoms with Crippen LogP contribution in [-0.2, 0) is 0 Å². The predicted octanol–water partition coefficient (Wildman–Crippen LogP) is 5.00. The first-order valence-corrected chi connectivity index (χ1v) is 7.80. The van der Waals surface area contributed by atoms with Gasteiger partial charge in [0.1, 0.15) is 0 Å². The normalized spacial score (nSPS) is 20.3. The van der Waals surface area contributed by atoms with E-state index in [0.717, 1.165) is 48.6 Å². The summed E-state index contributed by atoms with van der Waals surface area (Å²) in [4.78, 5) is 0. The molecule has 1 aliphatic rings. The fraction of sp³-hybridized carbons (Fsp3) is 0.533. The Balaban J connectivity index is 2.31. The molecule has 19 heavy (non-hydrogen) atoms. The van der Waals surface area contributed by atoms with E-state index in [-0.39, 0.29) is 0 Å². The lowest BCUT2D eigenvalue weighted by atomic mass is 9.74. The molecule has 1 atom stereocenters. The Bertz CT molecular complexity index is 489. The largest absolute Gasteiger partial charge is 0.387 e. The molecule has 0 bridgehead atoms. The van der Waals surface area contributed by atoms with Crippen LogP contribution in [0.3, 0.4) is 0 Å². The van der Waals surface area contributed by atoms with Gasteiger partial charge in [0.05, 0.1) is 22.6 Å². The minimum atomic E-state index is -0.763. The molecule has 2 nitrogen and oxygen atoms in total. The Labute approximate surface area is 127 Å². The molecule has 0 spiro atoms. The molecule has 0 heterocycles. The second kappa shape index (κ2) is 6.26. The van der Waals surface area contributed by atoms with Gasteiger partial charge < -0.3 is 5.11 Å². The summed E-state index contributed by atoms with van der Waals surface area (Å²) in [7, 11) is 0. The number of nitriles is 1. The van der Waals surface area contributed by atoms with Crippen LogP contribution in [-0.4, -0.2) is 5.11 Å². The van der Waals surface area contributed by atoms with Gasteiger partial charge in [-0.2, -0.15) is 5.26 Å². The predicted molar refractivity (Wildman–Crippen MR) is 79.9 cm³/mol. The molecule has 1 aliphatic carbocycles. The van der Waals surface area contributed by atoms with Crippen molar-refractivity contribution in [2.75, 3.05) is 0 Å². The first-order chi connectivity index (χ1) is 9.09. The molecule has 0 amide bonds. The van der Waals surface area contributed by atoms with E-state index in [1.807, 2.05) is 12.1 Å². The third-order valence-electron chi connectivity index (χ3n) is 4.00. The smallest absolute Gasteiger partial charge is 0.0976 e. The highest BCUT2D eigenvalue weighted by molar-refractivity contribution is 9.10. The van der Waals surface area contributed by atoms with Crippen LogP contribution in [0.2, 0.25) is 5.02 Å². The van der Waals surface area contributed by atoms with Gasteiger partial charge in [-0.3, -0.25) is 0 Å². The minimum Gasteiger partial charge on any atom is -0.387 e. The number of benzene rings is 1. The first-order valence-electron chi connectivity index (χ1n) is 6.63. The van der Waals surface area contributed by atoms with Crippen molar-refractivity contribution in [2.24, 2.45) is 5.41 Å². The Morgan fingerprint density at radius 1 is 1.26 bits per heavy atom. The molecular weight excluding hydrogens is 326 g/mol. The van der Waals surface area contributed by atoms with E-state index in [9.17, 15) is 10.4 Å². The summed E-state index contributed by atoms with van der Waals surface area (Å²) in [5.74, 6) is 0. The van der Waals surface area contributed by atoms with Crippen LogP contribution in [0.5, 0.6) is 0 Å². The lowest BCUT2D eigenvalue weighted by molar-refractivity contribution is 0.0516. The topological polar surface area (TPSA) is 44.0 Å². The summed E-state index contributed by atoms with van der Waals surface area (Å²) in [6.07, 6.45) is 5.08. The third-order valence-corrected chi connectivity index (χ3v) is 5.23. The van der Waals surface area contributed by atoms with Crippen LogP contribution in [0.4, 0.5) is 0 Å². The Kier molecular flexibility index (Phi) is 4.89. The van der Waals surface area contributed by atoms with Gasteiger partial charge in [0.25, 0.3) is 0 Å². The molecule has 0 saturated heterocycles. The van der Waals surface area contributed by atoms with E-state index in [0.29, 0.717) is 5.02 Å². The van der Waals surface area contributed by atoms with Gasteiger partial charge in [-0.05, 0) is 46.5 Å². The highest BCUT2D eigenvalue weighted by atomic mass is 79.9. The maximum absolute atomic E-state index is 10.6. The number of aliphatic hydroxyl groups excluding tert-OH is 1. The molecule has 2 rings (SSSR count). The number of hydrogen-bond donors (Lipinski definition) is 1. The molecule has 1 N–H and O–H groups in total. The first kappa shape index (κ1) is 14.8. The zero-order valence-electron chi connectivity index (χ0n) is 10.7. The van der Waals surface area contributed by atoms with Crippen molar-refractivity contribution in [2.45, 2.75) is 44.6 Å². The van der Waals surface area contributed by atoms with Crippen molar-refractivity contribution in [3.8, 4) is 6.07 Å². The van der Waals surface area contributed by atoms with Gasteiger partial charge in [-0.15, -0.1) is 0 Å². The zero-order valence-corrected chi connectivity index (χ0v) is 13.0. The summed E-state index contributed by atoms with van der Waals surface area (Å²) in [6, 6.07) is 7.80. The number of hydrogen-bond acceptors (Lipinski definition) is 2. The lowest BCUT2D eigenvalue weighted by Crippen LogP contribution is -2.27. The Morgan fingerprint density at radius 3 is 2.42 bits per heavy atom. The van der Waals surface area contributed by atoms with E-state index in [1.54, 1.807) is 6.07 Å². The second-order valence-corrected chi connectivity index (χ2v) is 6.52. The monoisotopic (exact) mass is 341 g/mol. The van der Waals surface area contributed by atoms with Crippen molar-refractivity contribution in [1.29, 1.82) is 5.26 Å². The van der Waals surface area contributed by atoms with Crippen molar-refractivity contribution in [1.82, 2.24) is 0 Å². The van der Waals surface area contributed by atoms with E-state index in [1.165, 1.54) is 0 Å². The molecule has 1 aromatic carbocycles. The molecule has 0 radical (unpaired) electrons. The van der Waals surface area contributed by atoms with Gasteiger partial charge in [-0.25, -0.2) is 0 Å². The summed E-state index contributed by atoms with van der Waals surface area (Å²) in [5, 5.41) is 20.8. The van der Waals surface area contributed by atoms with Gasteiger partial charge in [0, 0.05) is 4.47 Å². The average Bonchev–Trinajstić information content (AvgIpc) is 2.67. The van der Waals surface area contributed by atoms with Crippen LogP contribution in [0.25, 0.3) is 0 Å². The molecule has 0 aromatic heterocycles. The van der Waals surface area contributed by atoms with Gasteiger partial charge in [-0.1, -0.05) is 43.4 Å². The minimum absolute atomic E-state index is 0.568. The second-order valence-electron chi connectivity index (χ2n) is 5.26. The van der Waals surface area contributed by atoms with Gasteiger partial charge in [0.15, 0.2) is 0 Å². The highest BCUT2D eigenvalue weighted by Crippen LogP contribution is 2.45. The van der Waals surface area contributed by atoms with Crippen LogP contribution in [0, 0.1) is 16.7 Å². The van der Waals surface area contributed by atoms with Gasteiger partial charge >= 0.3 is 0 Å². The Hall–Kier alpha value is -0.560. The average molecular weight is 343 g/mol. The standard InChI is InChI=1S/C15H17BrClNO/c16-12-6-5-11(9-13(12)17)14(19)15(10-18)7-3-1-2-4-8-15/h5-6,9,14,19H,1-4,7-8H2. The fourth-order valence-corrected chi connectivity index (χ4v) is 3.24. The number of rotatable bonds is 2. The van der Waals surface area contributed by atoms with E-state index < -0.39 is 11.5 Å². The molecular formula is C15H17BrClNO. The maximum Gasteiger partial charge on any atom is 0.0976 e. The van der Waals surface area contributed by atoms with Crippen LogP contribution >= 0.6 is 27.5 Å². The fourth-order valence-electron chi connectivity index (χ4n) is 2.81. The Morgan fingerprint density at radius 2 is 1.89 bits per heavy atom. The number of nitrogens with zero attached hydrogens (tertiary/aromatic N) is 1. The summed E-state index contributed by atoms with van der Waals surface area (Å²) in [5.41, 5.74) is 0.0739. The summed E-state index contributed by atoms with van der Waals surface area (Å²) in [6.45, 7) is 0. The van der Waals surface area contributed by atoms with Crippen LogP contribution in [0.15, 0.2) is 22.7 Å². The van der Waals surface area contributed by atoms with E-state index in [2.05, 4.69) is 22.0 Å². The van der Waals surface area contributed by atoms with Crippen LogP contribution in [0.1, 0.15) is 50.2 Å². The van der Waals surface area contributed by atoms with E-state index >= 15 is 0 Å². The number of halogens is 2. The molecule has 1 fully saturated rings. The molecule has 0 aliphatic heterocycles. The number of aliphatic hydroxyl groups is 1. The van der Waals surface area contributed by atoms with E-state index in [4.69, 9.17) is 11.6 Å². The molecule has 102 valence electrons. The zero-order chi connectivity index (χ0) is 13.9. The quantitative estimate of drug-likeness (QED) is 0.769. The molecule has 4 heteroatoms. The van der Waals surface area contributed by atoms with Crippen molar-refractivity contribution >= 4 is 27.5 Å². The summed E-state index contributed by atoms with van der Waals surface area (Å²) >= 11 is 9.42. The molecule has 1 saturated carbocycles. The van der Waals surface area contributed by atoms with Crippen LogP contribution < -0.4 is 0 Å². The van der Waals surface area contributed by atoms with Gasteiger partial charge in [0.2, 0.25) is 0 Å². The third kappa shape index (κ3) is 3.13. The summed E-state index contributed by atoms with van der Waals surface area (Å²) < 4.78 is 0.803. The molecule has 1 aromatic rings. The van der Waals surface area contributed by atoms with Crippen molar-refractivity contribution < 1.29 is 5.11 Å². The maximum atomic E-state index is 10.6. The molecule has 1 unspecified atom stereocenters.